The van der Waals surface area contributed by atoms with Crippen LogP contribution in [0.5, 0.6) is 0 Å². The van der Waals surface area contributed by atoms with Crippen molar-refractivity contribution in [2.24, 2.45) is 10.9 Å². The third-order valence-electron chi connectivity index (χ3n) is 2.61. The zero-order valence-electron chi connectivity index (χ0n) is 9.48. The van der Waals surface area contributed by atoms with Crippen LogP contribution in [-0.2, 0) is 0 Å². The summed E-state index contributed by atoms with van der Waals surface area (Å²) in [6.07, 6.45) is -3.71. The minimum Gasteiger partial charge on any atom is -0.239 e. The van der Waals surface area contributed by atoms with Crippen LogP contribution in [-0.4, -0.2) is 16.9 Å². The molecule has 1 atom stereocenters. The summed E-state index contributed by atoms with van der Waals surface area (Å²) in [5.74, 6) is -1.51. The van der Waals surface area contributed by atoms with E-state index in [0.717, 1.165) is 6.08 Å². The zero-order valence-corrected chi connectivity index (χ0v) is 10.3. The van der Waals surface area contributed by atoms with Gasteiger partial charge in [-0.15, -0.1) is 0 Å². The predicted molar refractivity (Wildman–Crippen MR) is 68.8 cm³/mol. The number of rotatable bonds is 1. The Morgan fingerprint density at radius 3 is 2.37 bits per heavy atom. The number of halogens is 3. The van der Waals surface area contributed by atoms with E-state index in [0.29, 0.717) is 5.56 Å². The Morgan fingerprint density at radius 1 is 1.21 bits per heavy atom. The van der Waals surface area contributed by atoms with E-state index in [1.807, 2.05) is 0 Å². The highest BCUT2D eigenvalue weighted by Crippen LogP contribution is 2.35. The average Bonchev–Trinajstić information content (AvgIpc) is 2.37. The fourth-order valence-electron chi connectivity index (χ4n) is 1.71. The van der Waals surface area contributed by atoms with Gasteiger partial charge >= 0.3 is 6.18 Å². The van der Waals surface area contributed by atoms with Crippen molar-refractivity contribution in [2.45, 2.75) is 6.18 Å². The normalized spacial score (nSPS) is 19.5. The van der Waals surface area contributed by atoms with Gasteiger partial charge < -0.3 is 0 Å². The molecule has 0 bridgehead atoms. The molecule has 1 aromatic rings. The number of allylic oxidation sites excluding steroid dienone is 1. The lowest BCUT2D eigenvalue weighted by molar-refractivity contribution is -0.0947. The van der Waals surface area contributed by atoms with Gasteiger partial charge in [0.15, 0.2) is 0 Å². The molecule has 0 aromatic heterocycles. The van der Waals surface area contributed by atoms with Crippen LogP contribution in [0, 0.1) is 17.2 Å². The maximum atomic E-state index is 12.9. The first-order valence-corrected chi connectivity index (χ1v) is 5.70. The Kier molecular flexibility index (Phi) is 3.49. The molecule has 1 aliphatic rings. The smallest absolute Gasteiger partial charge is 0.239 e. The molecular formula is C13H7F3N2S. The Balaban J connectivity index is 2.52. The van der Waals surface area contributed by atoms with Crippen LogP contribution >= 0.6 is 12.2 Å². The largest absolute Gasteiger partial charge is 0.414 e. The molecule has 0 aliphatic carbocycles. The van der Waals surface area contributed by atoms with E-state index in [4.69, 9.17) is 17.5 Å². The number of thiocarbonyl (C=S) groups is 1. The second-order valence-electron chi connectivity index (χ2n) is 3.86. The summed E-state index contributed by atoms with van der Waals surface area (Å²) < 4.78 is 38.7. The fraction of sp³-hybridized carbons (Fsp3) is 0.154. The summed E-state index contributed by atoms with van der Waals surface area (Å²) in [7, 11) is 0. The van der Waals surface area contributed by atoms with Gasteiger partial charge in [-0.1, -0.05) is 42.5 Å². The highest BCUT2D eigenvalue weighted by molar-refractivity contribution is 7.80. The molecule has 96 valence electrons. The van der Waals surface area contributed by atoms with Crippen molar-refractivity contribution in [3.05, 3.63) is 47.5 Å². The standard InChI is InChI=1S/C13H7F3N2S/c14-13(15,16)10-6-11(8-4-2-1-3-5-8)18-12(19)9(10)7-17/h1-6,9H/t9-/m0/s1. The molecule has 6 heteroatoms. The molecule has 0 amide bonds. The van der Waals surface area contributed by atoms with Gasteiger partial charge in [-0.05, 0) is 6.08 Å². The molecule has 2 rings (SSSR count). The van der Waals surface area contributed by atoms with Crippen molar-refractivity contribution in [1.29, 1.82) is 5.26 Å². The summed E-state index contributed by atoms with van der Waals surface area (Å²) >= 11 is 4.80. The minimum atomic E-state index is -4.60. The topological polar surface area (TPSA) is 36.1 Å². The lowest BCUT2D eigenvalue weighted by Gasteiger charge is -2.20. The fourth-order valence-corrected chi connectivity index (χ4v) is 1.98. The van der Waals surface area contributed by atoms with Gasteiger partial charge in [-0.25, -0.2) is 4.99 Å². The Labute approximate surface area is 112 Å². The molecule has 0 N–H and O–H groups in total. The lowest BCUT2D eigenvalue weighted by Crippen LogP contribution is -2.28. The average molecular weight is 280 g/mol. The maximum Gasteiger partial charge on any atom is 0.414 e. The minimum absolute atomic E-state index is 0.129. The third-order valence-corrected chi connectivity index (χ3v) is 2.93. The Morgan fingerprint density at radius 2 is 1.84 bits per heavy atom. The van der Waals surface area contributed by atoms with Crippen LogP contribution in [0.4, 0.5) is 13.2 Å². The number of hydrogen-bond donors (Lipinski definition) is 0. The van der Waals surface area contributed by atoms with Gasteiger partial charge in [-0.2, -0.15) is 18.4 Å². The quantitative estimate of drug-likeness (QED) is 0.739. The van der Waals surface area contributed by atoms with Crippen LogP contribution in [0.1, 0.15) is 5.56 Å². The lowest BCUT2D eigenvalue weighted by atomic mass is 9.93. The van der Waals surface area contributed by atoms with E-state index in [1.165, 1.54) is 0 Å². The van der Waals surface area contributed by atoms with E-state index < -0.39 is 17.7 Å². The SMILES string of the molecule is N#C[C@@H]1C(=S)N=C(c2ccccc2)C=C1C(F)(F)F. The first-order valence-electron chi connectivity index (χ1n) is 5.30. The van der Waals surface area contributed by atoms with Gasteiger partial charge in [0.05, 0.1) is 17.4 Å². The summed E-state index contributed by atoms with van der Waals surface area (Å²) in [6.45, 7) is 0. The summed E-state index contributed by atoms with van der Waals surface area (Å²) in [5.41, 5.74) is -0.304. The van der Waals surface area contributed by atoms with Crippen molar-refractivity contribution in [3.63, 3.8) is 0 Å². The third kappa shape index (κ3) is 2.71. The number of nitrogens with zero attached hydrogens (tertiary/aromatic N) is 2. The number of aliphatic imine (C=N–C) groups is 1. The van der Waals surface area contributed by atoms with Crippen molar-refractivity contribution >= 4 is 22.9 Å². The molecule has 0 fully saturated rings. The molecule has 2 nitrogen and oxygen atoms in total. The monoisotopic (exact) mass is 280 g/mol. The van der Waals surface area contributed by atoms with Crippen molar-refractivity contribution in [3.8, 4) is 6.07 Å². The van der Waals surface area contributed by atoms with Crippen LogP contribution in [0.3, 0.4) is 0 Å². The maximum absolute atomic E-state index is 12.9. The van der Waals surface area contributed by atoms with E-state index in [9.17, 15) is 13.2 Å². The van der Waals surface area contributed by atoms with Crippen molar-refractivity contribution < 1.29 is 13.2 Å². The van der Waals surface area contributed by atoms with Crippen LogP contribution in [0.25, 0.3) is 0 Å². The van der Waals surface area contributed by atoms with E-state index in [1.54, 1.807) is 36.4 Å². The molecular weight excluding hydrogens is 273 g/mol. The summed E-state index contributed by atoms with van der Waals surface area (Å²) in [5, 5.41) is 8.80. The molecule has 0 saturated carbocycles. The number of dihydropyridines is 1. The van der Waals surface area contributed by atoms with Crippen LogP contribution in [0.2, 0.25) is 0 Å². The molecule has 0 unspecified atom stereocenters. The molecule has 1 heterocycles. The number of nitriles is 1. The second kappa shape index (κ2) is 4.94. The molecule has 19 heavy (non-hydrogen) atoms. The van der Waals surface area contributed by atoms with E-state index in [2.05, 4.69) is 4.99 Å². The van der Waals surface area contributed by atoms with E-state index in [-0.39, 0.29) is 10.7 Å². The number of hydrogen-bond acceptors (Lipinski definition) is 2. The van der Waals surface area contributed by atoms with Crippen LogP contribution in [0.15, 0.2) is 47.0 Å². The van der Waals surface area contributed by atoms with Crippen molar-refractivity contribution in [2.75, 3.05) is 0 Å². The number of benzene rings is 1. The highest BCUT2D eigenvalue weighted by Gasteiger charge is 2.42. The van der Waals surface area contributed by atoms with Gasteiger partial charge in [-0.3, -0.25) is 0 Å². The second-order valence-corrected chi connectivity index (χ2v) is 4.28. The number of alkyl halides is 3. The van der Waals surface area contributed by atoms with Gasteiger partial charge in [0.2, 0.25) is 0 Å². The highest BCUT2D eigenvalue weighted by atomic mass is 32.1. The Bertz CT molecular complexity index is 609. The molecule has 0 radical (unpaired) electrons. The molecule has 1 aromatic carbocycles. The summed E-state index contributed by atoms with van der Waals surface area (Å²) in [4.78, 5) is 3.66. The zero-order chi connectivity index (χ0) is 14.0. The molecule has 1 aliphatic heterocycles. The van der Waals surface area contributed by atoms with Gasteiger partial charge in [0.25, 0.3) is 0 Å². The first kappa shape index (κ1) is 13.4. The summed E-state index contributed by atoms with van der Waals surface area (Å²) in [6, 6.07) is 9.95. The van der Waals surface area contributed by atoms with Gasteiger partial charge in [0.1, 0.15) is 10.9 Å². The predicted octanol–water partition coefficient (Wildman–Crippen LogP) is 3.45. The molecule has 0 saturated heterocycles. The first-order chi connectivity index (χ1) is 8.93. The van der Waals surface area contributed by atoms with Gasteiger partial charge in [0, 0.05) is 5.56 Å². The van der Waals surface area contributed by atoms with E-state index >= 15 is 0 Å². The Hall–Kier alpha value is -2.00. The molecule has 0 spiro atoms. The van der Waals surface area contributed by atoms with Crippen molar-refractivity contribution in [1.82, 2.24) is 0 Å². The van der Waals surface area contributed by atoms with Crippen LogP contribution < -0.4 is 0 Å².